The lowest BCUT2D eigenvalue weighted by Gasteiger charge is -2.08. The first-order valence-corrected chi connectivity index (χ1v) is 5.75. The minimum Gasteiger partial charge on any atom is -0.449 e. The molecule has 1 atom stereocenters. The molecular formula is C10H19N5O3. The number of nitrogens with one attached hydrogen (secondary N) is 1. The van der Waals surface area contributed by atoms with Crippen molar-refractivity contribution in [1.82, 2.24) is 5.32 Å². The Labute approximate surface area is 105 Å². The maximum Gasteiger partial charge on any atom is 0.407 e. The van der Waals surface area contributed by atoms with E-state index >= 15 is 0 Å². The van der Waals surface area contributed by atoms with Crippen molar-refractivity contribution in [1.29, 1.82) is 0 Å². The number of alkyl carbamates (subject to hydrolysis) is 1. The number of unbranched alkanes of at least 4 members (excludes halogenated alkanes) is 1. The first-order valence-electron chi connectivity index (χ1n) is 5.75. The number of ether oxygens (including phenoxy) is 1. The van der Waals surface area contributed by atoms with Gasteiger partial charge in [0.05, 0.1) is 19.2 Å². The summed E-state index contributed by atoms with van der Waals surface area (Å²) in [4.78, 5) is 24.4. The van der Waals surface area contributed by atoms with Gasteiger partial charge in [-0.1, -0.05) is 5.11 Å². The number of amides is 1. The molecular weight excluding hydrogens is 238 g/mol. The fourth-order valence-electron chi connectivity index (χ4n) is 1.16. The van der Waals surface area contributed by atoms with Crippen LogP contribution < -0.4 is 11.1 Å². The van der Waals surface area contributed by atoms with E-state index in [9.17, 15) is 9.59 Å². The van der Waals surface area contributed by atoms with Crippen molar-refractivity contribution in [3.05, 3.63) is 10.4 Å². The second-order valence-corrected chi connectivity index (χ2v) is 3.73. The number of carbonyl (C=O) groups is 2. The second-order valence-electron chi connectivity index (χ2n) is 3.73. The van der Waals surface area contributed by atoms with Crippen LogP contribution >= 0.6 is 0 Å². The summed E-state index contributed by atoms with van der Waals surface area (Å²) in [6.45, 7) is 2.11. The summed E-state index contributed by atoms with van der Waals surface area (Å²) in [6.07, 6.45) is 1.56. The molecule has 0 aromatic rings. The Balaban J connectivity index is 3.40. The maximum absolute atomic E-state index is 11.1. The highest BCUT2D eigenvalue weighted by molar-refractivity contribution is 5.81. The normalized spacial score (nSPS) is 11.2. The predicted octanol–water partition coefficient (Wildman–Crippen LogP) is 1.11. The van der Waals surface area contributed by atoms with Crippen LogP contribution in [0.5, 0.6) is 0 Å². The van der Waals surface area contributed by atoms with E-state index in [0.717, 1.165) is 12.8 Å². The number of hydrogen-bond donors (Lipinski definition) is 2. The molecule has 8 nitrogen and oxygen atoms in total. The van der Waals surface area contributed by atoms with E-state index in [0.29, 0.717) is 13.0 Å². The van der Waals surface area contributed by atoms with Crippen molar-refractivity contribution in [2.45, 2.75) is 32.2 Å². The molecule has 0 heterocycles. The van der Waals surface area contributed by atoms with Crippen LogP contribution in [0.3, 0.4) is 0 Å². The van der Waals surface area contributed by atoms with Gasteiger partial charge in [0.25, 0.3) is 0 Å². The van der Waals surface area contributed by atoms with Crippen LogP contribution in [0.2, 0.25) is 0 Å². The van der Waals surface area contributed by atoms with Gasteiger partial charge in [0.1, 0.15) is 5.78 Å². The van der Waals surface area contributed by atoms with Crippen molar-refractivity contribution in [2.24, 2.45) is 10.8 Å². The van der Waals surface area contributed by atoms with Crippen LogP contribution in [0.4, 0.5) is 4.79 Å². The van der Waals surface area contributed by atoms with Crippen molar-refractivity contribution in [3.63, 3.8) is 0 Å². The van der Waals surface area contributed by atoms with E-state index in [4.69, 9.17) is 16.0 Å². The fourth-order valence-corrected chi connectivity index (χ4v) is 1.16. The Kier molecular flexibility index (Phi) is 9.34. The second kappa shape index (κ2) is 10.4. The largest absolute Gasteiger partial charge is 0.449 e. The van der Waals surface area contributed by atoms with E-state index in [1.807, 2.05) is 0 Å². The number of hydrogen-bond acceptors (Lipinski definition) is 5. The molecule has 0 saturated heterocycles. The van der Waals surface area contributed by atoms with E-state index in [1.165, 1.54) is 6.92 Å². The standard InChI is InChI=1S/C10H19N5O3/c1-8(16)9(11)4-2-3-5-13-10(17)18-7-6-14-15-12/h9H,2-7,11H2,1H3,(H,13,17)/t9-/m1/s1. The van der Waals surface area contributed by atoms with Crippen LogP contribution in [0.15, 0.2) is 5.11 Å². The molecule has 1 amide bonds. The number of ketones is 1. The van der Waals surface area contributed by atoms with Crippen molar-refractivity contribution in [3.8, 4) is 0 Å². The predicted molar refractivity (Wildman–Crippen MR) is 65.9 cm³/mol. The molecule has 102 valence electrons. The zero-order valence-electron chi connectivity index (χ0n) is 10.5. The molecule has 0 saturated carbocycles. The summed E-state index contributed by atoms with van der Waals surface area (Å²) in [6, 6.07) is -0.416. The van der Waals surface area contributed by atoms with E-state index in [1.54, 1.807) is 0 Å². The molecule has 0 aromatic heterocycles. The third-order valence-corrected chi connectivity index (χ3v) is 2.22. The van der Waals surface area contributed by atoms with E-state index in [2.05, 4.69) is 15.3 Å². The number of nitrogens with zero attached hydrogens (tertiary/aromatic N) is 3. The SMILES string of the molecule is CC(=O)[C@H](N)CCCCNC(=O)OCCN=[N+]=[N-]. The molecule has 8 heteroatoms. The number of nitrogens with two attached hydrogens (primary N) is 1. The molecule has 18 heavy (non-hydrogen) atoms. The van der Waals surface area contributed by atoms with Gasteiger partial charge in [-0.3, -0.25) is 4.79 Å². The van der Waals surface area contributed by atoms with Gasteiger partial charge in [-0.25, -0.2) is 4.79 Å². The molecule has 0 radical (unpaired) electrons. The molecule has 0 aliphatic heterocycles. The van der Waals surface area contributed by atoms with Gasteiger partial charge < -0.3 is 15.8 Å². The van der Waals surface area contributed by atoms with E-state index < -0.39 is 12.1 Å². The molecule has 0 fully saturated rings. The zero-order valence-corrected chi connectivity index (χ0v) is 10.5. The first kappa shape index (κ1) is 16.2. The van der Waals surface area contributed by atoms with Crippen LogP contribution in [-0.2, 0) is 9.53 Å². The molecule has 0 aliphatic carbocycles. The molecule has 0 rings (SSSR count). The summed E-state index contributed by atoms with van der Waals surface area (Å²) in [5, 5.41) is 5.76. The third-order valence-electron chi connectivity index (χ3n) is 2.22. The maximum atomic E-state index is 11.1. The third kappa shape index (κ3) is 9.44. The Hall–Kier alpha value is -1.79. The van der Waals surface area contributed by atoms with Gasteiger partial charge in [0.2, 0.25) is 0 Å². The minimum absolute atomic E-state index is 0.0274. The van der Waals surface area contributed by atoms with Gasteiger partial charge >= 0.3 is 6.09 Å². The van der Waals surface area contributed by atoms with Gasteiger partial charge in [0, 0.05) is 11.5 Å². The van der Waals surface area contributed by atoms with Gasteiger partial charge in [-0.2, -0.15) is 0 Å². The fraction of sp³-hybridized carbons (Fsp3) is 0.800. The number of azide groups is 1. The average Bonchev–Trinajstić information content (AvgIpc) is 2.33. The first-order chi connectivity index (χ1) is 8.57. The Morgan fingerprint density at radius 1 is 1.50 bits per heavy atom. The molecule has 0 aromatic carbocycles. The molecule has 0 aliphatic rings. The summed E-state index contributed by atoms with van der Waals surface area (Å²) in [5.74, 6) is -0.0274. The van der Waals surface area contributed by atoms with E-state index in [-0.39, 0.29) is 18.9 Å². The summed E-state index contributed by atoms with van der Waals surface area (Å²) in [5.41, 5.74) is 13.5. The topological polar surface area (TPSA) is 130 Å². The van der Waals surface area contributed by atoms with Crippen LogP contribution in [0, 0.1) is 0 Å². The van der Waals surface area contributed by atoms with Gasteiger partial charge in [-0.15, -0.1) is 0 Å². The molecule has 0 unspecified atom stereocenters. The number of rotatable bonds is 9. The minimum atomic E-state index is -0.543. The lowest BCUT2D eigenvalue weighted by atomic mass is 10.1. The number of carbonyl (C=O) groups excluding carboxylic acids is 2. The molecule has 0 spiro atoms. The van der Waals surface area contributed by atoms with Crippen molar-refractivity contribution in [2.75, 3.05) is 19.7 Å². The highest BCUT2D eigenvalue weighted by Gasteiger charge is 2.07. The Morgan fingerprint density at radius 2 is 2.22 bits per heavy atom. The number of Topliss-reactive ketones (excluding diaryl/α,β-unsaturated/α-hetero) is 1. The smallest absolute Gasteiger partial charge is 0.407 e. The van der Waals surface area contributed by atoms with Crippen molar-refractivity contribution < 1.29 is 14.3 Å². The molecule has 3 N–H and O–H groups in total. The highest BCUT2D eigenvalue weighted by Crippen LogP contribution is 1.99. The quantitative estimate of drug-likeness (QED) is 0.277. The lowest BCUT2D eigenvalue weighted by Crippen LogP contribution is -2.29. The average molecular weight is 257 g/mol. The summed E-state index contributed by atoms with van der Waals surface area (Å²) < 4.78 is 4.72. The Morgan fingerprint density at radius 3 is 2.83 bits per heavy atom. The zero-order chi connectivity index (χ0) is 13.8. The van der Waals surface area contributed by atoms with Crippen molar-refractivity contribution >= 4 is 11.9 Å². The van der Waals surface area contributed by atoms with Gasteiger partial charge in [0.15, 0.2) is 0 Å². The summed E-state index contributed by atoms with van der Waals surface area (Å²) >= 11 is 0. The van der Waals surface area contributed by atoms with Crippen LogP contribution in [0.25, 0.3) is 10.4 Å². The lowest BCUT2D eigenvalue weighted by molar-refractivity contribution is -0.118. The van der Waals surface area contributed by atoms with Crippen LogP contribution in [-0.4, -0.2) is 37.6 Å². The monoisotopic (exact) mass is 257 g/mol. The summed E-state index contributed by atoms with van der Waals surface area (Å²) in [7, 11) is 0. The van der Waals surface area contributed by atoms with Gasteiger partial charge in [-0.05, 0) is 31.7 Å². The molecule has 0 bridgehead atoms. The highest BCUT2D eigenvalue weighted by atomic mass is 16.5. The van der Waals surface area contributed by atoms with Crippen LogP contribution in [0.1, 0.15) is 26.2 Å². The Bertz CT molecular complexity index is 315.